The number of carbonyl (C=O) groups excluding carboxylic acids is 2. The van der Waals surface area contributed by atoms with Gasteiger partial charge in [0, 0.05) is 11.3 Å². The number of halogens is 1. The lowest BCUT2D eigenvalue weighted by molar-refractivity contribution is -0.123. The van der Waals surface area contributed by atoms with Gasteiger partial charge in [-0.1, -0.05) is 19.1 Å². The molecule has 0 spiro atoms. The number of rotatable bonds is 5. The number of amides is 2. The number of para-hydroxylation sites is 1. The zero-order valence-electron chi connectivity index (χ0n) is 15.5. The molecule has 0 radical (unpaired) electrons. The van der Waals surface area contributed by atoms with Gasteiger partial charge in [0.2, 0.25) is 0 Å². The molecule has 146 valence electrons. The van der Waals surface area contributed by atoms with E-state index in [9.17, 15) is 14.0 Å². The fourth-order valence-corrected chi connectivity index (χ4v) is 3.75. The Morgan fingerprint density at radius 1 is 1.43 bits per heavy atom. The molecule has 1 aromatic carbocycles. The number of primary amides is 1. The van der Waals surface area contributed by atoms with E-state index in [1.165, 1.54) is 4.52 Å². The lowest BCUT2D eigenvalue weighted by Gasteiger charge is -2.19. The molecule has 28 heavy (non-hydrogen) atoms. The summed E-state index contributed by atoms with van der Waals surface area (Å²) in [5.41, 5.74) is 6.72. The normalized spacial score (nSPS) is 22.0. The Morgan fingerprint density at radius 3 is 2.93 bits per heavy atom. The van der Waals surface area contributed by atoms with Crippen molar-refractivity contribution in [3.05, 3.63) is 35.7 Å². The van der Waals surface area contributed by atoms with Gasteiger partial charge < -0.3 is 15.8 Å². The third-order valence-corrected chi connectivity index (χ3v) is 5.12. The highest BCUT2D eigenvalue weighted by molar-refractivity contribution is 6.03. The number of alkyl halides is 1. The molecular weight excluding hydrogens is 365 g/mol. The zero-order chi connectivity index (χ0) is 20.0. The van der Waals surface area contributed by atoms with E-state index in [4.69, 9.17) is 10.5 Å². The van der Waals surface area contributed by atoms with Crippen LogP contribution in [0.4, 0.5) is 4.39 Å². The van der Waals surface area contributed by atoms with Crippen LogP contribution in [0.3, 0.4) is 0 Å². The average molecular weight is 385 g/mol. The number of ether oxygens (including phenoxy) is 1. The first kappa shape index (κ1) is 18.1. The minimum atomic E-state index is -1.52. The molecule has 0 aliphatic carbocycles. The summed E-state index contributed by atoms with van der Waals surface area (Å²) in [5, 5.41) is 7.72. The molecule has 9 heteroatoms. The second kappa shape index (κ2) is 6.74. The Labute approximate surface area is 159 Å². The van der Waals surface area contributed by atoms with Crippen molar-refractivity contribution in [1.82, 2.24) is 19.9 Å². The summed E-state index contributed by atoms with van der Waals surface area (Å²) in [4.78, 5) is 27.8. The van der Waals surface area contributed by atoms with Crippen molar-refractivity contribution >= 4 is 28.4 Å². The van der Waals surface area contributed by atoms with Crippen LogP contribution >= 0.6 is 0 Å². The van der Waals surface area contributed by atoms with Crippen molar-refractivity contribution in [2.75, 3.05) is 6.61 Å². The summed E-state index contributed by atoms with van der Waals surface area (Å²) in [7, 11) is 0. The summed E-state index contributed by atoms with van der Waals surface area (Å²) < 4.78 is 21.5. The summed E-state index contributed by atoms with van der Waals surface area (Å²) in [6.07, 6.45) is -0.994. The number of nitrogens with two attached hydrogens (primary N) is 1. The number of fused-ring (bicyclic) bond motifs is 3. The van der Waals surface area contributed by atoms with Crippen molar-refractivity contribution in [2.24, 2.45) is 11.7 Å². The fourth-order valence-electron chi connectivity index (χ4n) is 3.75. The maximum atomic E-state index is 14.0. The highest BCUT2D eigenvalue weighted by Gasteiger charge is 2.41. The molecule has 1 aliphatic heterocycles. The highest BCUT2D eigenvalue weighted by Crippen LogP contribution is 2.30. The van der Waals surface area contributed by atoms with Crippen LogP contribution in [0.15, 0.2) is 24.3 Å². The fraction of sp³-hybridized carbons (Fsp3) is 0.368. The second-order valence-corrected chi connectivity index (χ2v) is 6.91. The van der Waals surface area contributed by atoms with Gasteiger partial charge in [-0.25, -0.2) is 13.9 Å². The number of benzene rings is 1. The van der Waals surface area contributed by atoms with Crippen LogP contribution in [-0.4, -0.2) is 45.2 Å². The van der Waals surface area contributed by atoms with E-state index in [0.717, 1.165) is 0 Å². The lowest BCUT2D eigenvalue weighted by Crippen LogP contribution is -2.34. The number of pyridine rings is 1. The smallest absolute Gasteiger partial charge is 0.255 e. The molecule has 3 aromatic rings. The Morgan fingerprint density at radius 2 is 2.21 bits per heavy atom. The monoisotopic (exact) mass is 385 g/mol. The molecule has 2 aromatic heterocycles. The van der Waals surface area contributed by atoms with Gasteiger partial charge in [-0.15, -0.1) is 0 Å². The maximum absolute atomic E-state index is 14.0. The first-order valence-electron chi connectivity index (χ1n) is 9.06. The van der Waals surface area contributed by atoms with E-state index < -0.39 is 29.9 Å². The minimum absolute atomic E-state index is 0.122. The van der Waals surface area contributed by atoms with Gasteiger partial charge in [0.1, 0.15) is 23.7 Å². The summed E-state index contributed by atoms with van der Waals surface area (Å²) in [6.45, 7) is 3.68. The second-order valence-electron chi connectivity index (χ2n) is 6.91. The molecular formula is C19H20FN5O3. The number of carbonyl (C=O) groups is 2. The molecule has 3 unspecified atom stereocenters. The van der Waals surface area contributed by atoms with Gasteiger partial charge in [0.15, 0.2) is 11.8 Å². The molecule has 1 saturated heterocycles. The maximum Gasteiger partial charge on any atom is 0.255 e. The Hall–Kier alpha value is -3.23. The average Bonchev–Trinajstić information content (AvgIpc) is 3.18. The Kier molecular flexibility index (Phi) is 4.37. The number of aromatic nitrogens is 3. The number of hydrogen-bond acceptors (Lipinski definition) is 5. The molecule has 3 N–H and O–H groups in total. The standard InChI is InChI=1S/C19H20FN5O3/c1-3-11-13(23-19(27)15(11)20)8-28-14-6-4-5-10-7-12(17(21)26)18-22-9(2)24-25(18)16(10)14/h4-7,11,13,15H,3,8H2,1-2H3,(H2,21,26)(H,23,27). The molecule has 8 nitrogen and oxygen atoms in total. The van der Waals surface area contributed by atoms with Gasteiger partial charge in [-0.05, 0) is 25.5 Å². The van der Waals surface area contributed by atoms with E-state index >= 15 is 0 Å². The number of nitrogens with one attached hydrogen (secondary N) is 1. The molecule has 0 bridgehead atoms. The van der Waals surface area contributed by atoms with E-state index in [2.05, 4.69) is 15.4 Å². The zero-order valence-corrected chi connectivity index (χ0v) is 15.5. The van der Waals surface area contributed by atoms with Crippen LogP contribution < -0.4 is 15.8 Å². The van der Waals surface area contributed by atoms with Crippen LogP contribution in [0.1, 0.15) is 29.5 Å². The van der Waals surface area contributed by atoms with E-state index in [0.29, 0.717) is 34.5 Å². The summed E-state index contributed by atoms with van der Waals surface area (Å²) >= 11 is 0. The van der Waals surface area contributed by atoms with Crippen LogP contribution in [-0.2, 0) is 4.79 Å². The summed E-state index contributed by atoms with van der Waals surface area (Å²) in [5.74, 6) is -0.649. The molecule has 0 saturated carbocycles. The van der Waals surface area contributed by atoms with Crippen LogP contribution in [0.25, 0.3) is 16.6 Å². The first-order chi connectivity index (χ1) is 13.4. The van der Waals surface area contributed by atoms with Gasteiger partial charge in [0.05, 0.1) is 11.6 Å². The quantitative estimate of drug-likeness (QED) is 0.692. The molecule has 1 fully saturated rings. The molecule has 1 aliphatic rings. The molecule has 3 atom stereocenters. The van der Waals surface area contributed by atoms with Gasteiger partial charge in [-0.3, -0.25) is 9.59 Å². The Balaban J connectivity index is 1.75. The van der Waals surface area contributed by atoms with Gasteiger partial charge in [0.25, 0.3) is 11.8 Å². The molecule has 3 heterocycles. The third kappa shape index (κ3) is 2.83. The highest BCUT2D eigenvalue weighted by atomic mass is 19.1. The third-order valence-electron chi connectivity index (χ3n) is 5.12. The minimum Gasteiger partial charge on any atom is -0.489 e. The number of hydrogen-bond donors (Lipinski definition) is 2. The van der Waals surface area contributed by atoms with Crippen molar-refractivity contribution in [3.63, 3.8) is 0 Å². The largest absolute Gasteiger partial charge is 0.489 e. The Bertz CT molecular complexity index is 1100. The number of nitrogens with zero attached hydrogens (tertiary/aromatic N) is 3. The van der Waals surface area contributed by atoms with E-state index in [-0.39, 0.29) is 12.2 Å². The van der Waals surface area contributed by atoms with Crippen molar-refractivity contribution in [1.29, 1.82) is 0 Å². The first-order valence-corrected chi connectivity index (χ1v) is 9.06. The SMILES string of the molecule is CCC1C(COc2cccc3cc(C(N)=O)c4nc(C)nn4c23)NC(=O)C1F. The van der Waals surface area contributed by atoms with E-state index in [1.54, 1.807) is 25.1 Å². The molecule has 4 rings (SSSR count). The van der Waals surface area contributed by atoms with Crippen LogP contribution in [0.5, 0.6) is 5.75 Å². The predicted molar refractivity (Wildman–Crippen MR) is 99.9 cm³/mol. The van der Waals surface area contributed by atoms with E-state index in [1.807, 2.05) is 13.0 Å². The topological polar surface area (TPSA) is 112 Å². The van der Waals surface area contributed by atoms with Crippen molar-refractivity contribution in [2.45, 2.75) is 32.5 Å². The van der Waals surface area contributed by atoms with Gasteiger partial charge in [-0.2, -0.15) is 5.10 Å². The van der Waals surface area contributed by atoms with Gasteiger partial charge >= 0.3 is 0 Å². The van der Waals surface area contributed by atoms with Crippen molar-refractivity contribution in [3.8, 4) is 5.75 Å². The van der Waals surface area contributed by atoms with Crippen LogP contribution in [0, 0.1) is 12.8 Å². The molecule has 2 amide bonds. The number of aryl methyl sites for hydroxylation is 1. The summed E-state index contributed by atoms with van der Waals surface area (Å²) in [6, 6.07) is 6.58. The van der Waals surface area contributed by atoms with Crippen LogP contribution in [0.2, 0.25) is 0 Å². The lowest BCUT2D eigenvalue weighted by atomic mass is 9.97. The predicted octanol–water partition coefficient (Wildman–Crippen LogP) is 1.53. The van der Waals surface area contributed by atoms with Crippen molar-refractivity contribution < 1.29 is 18.7 Å².